The maximum atomic E-state index is 3.16. The first-order chi connectivity index (χ1) is 11.4. The lowest BCUT2D eigenvalue weighted by Gasteiger charge is -2.43. The van der Waals surface area contributed by atoms with Crippen LogP contribution in [-0.2, 0) is 0 Å². The van der Waals surface area contributed by atoms with Gasteiger partial charge in [0.15, 0.2) is 9.84 Å². The van der Waals surface area contributed by atoms with Crippen LogP contribution in [0.15, 0.2) is 0 Å². The lowest BCUT2D eigenvalue weighted by molar-refractivity contribution is 0.190. The number of rotatable bonds is 6. The normalized spacial score (nSPS) is 29.0. The lowest BCUT2D eigenvalue weighted by Crippen LogP contribution is -2.55. The van der Waals surface area contributed by atoms with Crippen LogP contribution < -0.4 is 0 Å². The third-order valence-electron chi connectivity index (χ3n) is 7.50. The Labute approximate surface area is 146 Å². The Kier molecular flexibility index (Phi) is 5.78. The molecule has 0 unspecified atom stereocenters. The molecule has 0 bridgehead atoms. The fraction of sp³-hybridized carbons (Fsp3) is 1.00. The van der Waals surface area contributed by atoms with Crippen LogP contribution >= 0.6 is 0 Å². The minimum Gasteiger partial charge on any atom is -0.311 e. The zero-order valence-electron chi connectivity index (χ0n) is 15.2. The molecule has 4 rings (SSSR count). The summed E-state index contributed by atoms with van der Waals surface area (Å²) in [5.41, 5.74) is 0. The fourth-order valence-corrected chi connectivity index (χ4v) is 8.95. The highest BCUT2D eigenvalue weighted by atomic mass is 28.2. The summed E-state index contributed by atoms with van der Waals surface area (Å²) in [6, 6.07) is 3.93. The highest BCUT2D eigenvalue weighted by Gasteiger charge is 2.37. The summed E-state index contributed by atoms with van der Waals surface area (Å²) in [6.07, 6.45) is 24.2. The molecule has 4 aliphatic carbocycles. The van der Waals surface area contributed by atoms with Gasteiger partial charge in [-0.3, -0.25) is 0 Å². The average molecular weight is 335 g/mol. The van der Waals surface area contributed by atoms with Crippen molar-refractivity contribution in [1.29, 1.82) is 0 Å². The third-order valence-corrected chi connectivity index (χ3v) is 10.2. The van der Waals surface area contributed by atoms with Crippen molar-refractivity contribution >= 4 is 9.84 Å². The van der Waals surface area contributed by atoms with E-state index in [0.29, 0.717) is 0 Å². The minimum absolute atomic E-state index is 0.212. The highest BCUT2D eigenvalue weighted by molar-refractivity contribution is 6.29. The third kappa shape index (κ3) is 3.87. The molecule has 23 heavy (non-hydrogen) atoms. The molecule has 0 aromatic carbocycles. The van der Waals surface area contributed by atoms with Gasteiger partial charge in [0.1, 0.15) is 0 Å². The summed E-state index contributed by atoms with van der Waals surface area (Å²) < 4.78 is 6.33. The number of hydrogen-bond donors (Lipinski definition) is 0. The van der Waals surface area contributed by atoms with Gasteiger partial charge in [0, 0.05) is 24.2 Å². The van der Waals surface area contributed by atoms with Gasteiger partial charge in [-0.1, -0.05) is 51.4 Å². The molecular weight excluding hydrogens is 296 g/mol. The Bertz CT molecular complexity index is 285. The first-order valence-corrected chi connectivity index (χ1v) is 12.2. The van der Waals surface area contributed by atoms with Gasteiger partial charge in [-0.05, 0) is 51.4 Å². The molecule has 4 fully saturated rings. The summed E-state index contributed by atoms with van der Waals surface area (Å²) in [5.74, 6) is 0. The van der Waals surface area contributed by atoms with Crippen LogP contribution in [0.25, 0.3) is 0 Å². The Hall–Kier alpha value is 0.137. The molecule has 0 radical (unpaired) electrons. The monoisotopic (exact) mass is 334 g/mol. The van der Waals surface area contributed by atoms with Gasteiger partial charge in [-0.2, -0.15) is 0 Å². The molecule has 0 heterocycles. The van der Waals surface area contributed by atoms with Crippen molar-refractivity contribution in [2.75, 3.05) is 0 Å². The van der Waals surface area contributed by atoms with Crippen molar-refractivity contribution in [3.63, 3.8) is 0 Å². The van der Waals surface area contributed by atoms with E-state index in [2.05, 4.69) is 9.13 Å². The molecule has 0 aromatic heterocycles. The van der Waals surface area contributed by atoms with E-state index in [-0.39, 0.29) is 9.84 Å². The molecule has 4 aliphatic rings. The molecular formula is C20H38N2Si. The number of hydrogen-bond acceptors (Lipinski definition) is 2. The molecule has 3 heteroatoms. The Morgan fingerprint density at radius 1 is 0.391 bits per heavy atom. The molecule has 0 amide bonds. The molecule has 4 saturated carbocycles. The van der Waals surface area contributed by atoms with Crippen LogP contribution in [0.1, 0.15) is 103 Å². The minimum atomic E-state index is -0.212. The largest absolute Gasteiger partial charge is 0.311 e. The van der Waals surface area contributed by atoms with Crippen molar-refractivity contribution in [3.8, 4) is 0 Å². The van der Waals surface area contributed by atoms with E-state index >= 15 is 0 Å². The van der Waals surface area contributed by atoms with Gasteiger partial charge in [0.05, 0.1) is 0 Å². The van der Waals surface area contributed by atoms with Crippen LogP contribution in [0.3, 0.4) is 0 Å². The van der Waals surface area contributed by atoms with Gasteiger partial charge in [-0.25, -0.2) is 0 Å². The van der Waals surface area contributed by atoms with Crippen LogP contribution in [0.5, 0.6) is 0 Å². The van der Waals surface area contributed by atoms with E-state index in [1.165, 1.54) is 103 Å². The van der Waals surface area contributed by atoms with Gasteiger partial charge in [0.25, 0.3) is 0 Å². The lowest BCUT2D eigenvalue weighted by atomic mass is 10.2. The number of nitrogens with zero attached hydrogens (tertiary/aromatic N) is 2. The maximum Gasteiger partial charge on any atom is 0.173 e. The first-order valence-electron chi connectivity index (χ1n) is 10.9. The van der Waals surface area contributed by atoms with E-state index in [0.717, 1.165) is 24.2 Å². The van der Waals surface area contributed by atoms with Crippen molar-refractivity contribution in [1.82, 2.24) is 9.13 Å². The Morgan fingerprint density at radius 3 is 0.826 bits per heavy atom. The average Bonchev–Trinajstić information content (AvgIpc) is 3.35. The maximum absolute atomic E-state index is 3.16. The molecule has 0 saturated heterocycles. The predicted molar refractivity (Wildman–Crippen MR) is 101 cm³/mol. The zero-order valence-corrected chi connectivity index (χ0v) is 16.6. The van der Waals surface area contributed by atoms with Crippen molar-refractivity contribution in [2.24, 2.45) is 0 Å². The van der Waals surface area contributed by atoms with Gasteiger partial charge >= 0.3 is 0 Å². The quantitative estimate of drug-likeness (QED) is 0.666. The summed E-state index contributed by atoms with van der Waals surface area (Å²) in [4.78, 5) is 0. The second kappa shape index (κ2) is 8.01. The topological polar surface area (TPSA) is 6.48 Å². The van der Waals surface area contributed by atoms with Crippen LogP contribution in [-0.4, -0.2) is 43.1 Å². The summed E-state index contributed by atoms with van der Waals surface area (Å²) in [6.45, 7) is 0. The van der Waals surface area contributed by atoms with E-state index < -0.39 is 0 Å². The van der Waals surface area contributed by atoms with E-state index in [9.17, 15) is 0 Å². The summed E-state index contributed by atoms with van der Waals surface area (Å²) in [7, 11) is -0.212. The second-order valence-electron chi connectivity index (χ2n) is 8.92. The zero-order chi connectivity index (χ0) is 15.5. The van der Waals surface area contributed by atoms with Crippen molar-refractivity contribution in [2.45, 2.75) is 127 Å². The van der Waals surface area contributed by atoms with Crippen molar-refractivity contribution in [3.05, 3.63) is 0 Å². The van der Waals surface area contributed by atoms with Gasteiger partial charge < -0.3 is 9.13 Å². The smallest absolute Gasteiger partial charge is 0.173 e. The van der Waals surface area contributed by atoms with Crippen LogP contribution in [0.4, 0.5) is 0 Å². The first kappa shape index (κ1) is 16.6. The fourth-order valence-electron chi connectivity index (χ4n) is 6.19. The van der Waals surface area contributed by atoms with E-state index in [1.54, 1.807) is 0 Å². The second-order valence-corrected chi connectivity index (χ2v) is 10.7. The van der Waals surface area contributed by atoms with Gasteiger partial charge in [0.2, 0.25) is 0 Å². The van der Waals surface area contributed by atoms with Crippen LogP contribution in [0.2, 0.25) is 0 Å². The standard InChI is InChI=1S/C20H38N2Si/c1-2-10-17(9-1)21(18-11-3-4-12-18)23-22(19-13-5-6-14-19)20-15-7-8-16-20/h17-20H,1-16,23H2. The molecule has 0 aromatic rings. The predicted octanol–water partition coefficient (Wildman–Crippen LogP) is 4.36. The Balaban J connectivity index is 1.48. The summed E-state index contributed by atoms with van der Waals surface area (Å²) in [5, 5.41) is 0. The Morgan fingerprint density at radius 2 is 0.609 bits per heavy atom. The van der Waals surface area contributed by atoms with E-state index in [1.807, 2.05) is 0 Å². The highest BCUT2D eigenvalue weighted by Crippen LogP contribution is 2.35. The molecule has 0 N–H and O–H groups in total. The van der Waals surface area contributed by atoms with E-state index in [4.69, 9.17) is 0 Å². The molecule has 132 valence electrons. The molecule has 0 spiro atoms. The molecule has 0 atom stereocenters. The molecule has 0 aliphatic heterocycles. The SMILES string of the molecule is C1CCC(N([SiH2]N(C2CCCC2)C2CCCC2)C2CCCC2)C1. The summed E-state index contributed by atoms with van der Waals surface area (Å²) >= 11 is 0. The molecule has 2 nitrogen and oxygen atoms in total. The van der Waals surface area contributed by atoms with Gasteiger partial charge in [-0.15, -0.1) is 0 Å². The van der Waals surface area contributed by atoms with Crippen molar-refractivity contribution < 1.29 is 0 Å². The van der Waals surface area contributed by atoms with Crippen LogP contribution in [0, 0.1) is 0 Å².